The van der Waals surface area contributed by atoms with Crippen LogP contribution in [0.3, 0.4) is 0 Å². The van der Waals surface area contributed by atoms with E-state index < -0.39 is 0 Å². The molecule has 154 valence electrons. The number of carbonyl (C=O) groups is 1. The predicted octanol–water partition coefficient (Wildman–Crippen LogP) is 2.31. The molecule has 2 heterocycles. The molecule has 0 aromatic heterocycles. The van der Waals surface area contributed by atoms with Crippen LogP contribution in [-0.4, -0.2) is 80.4 Å². The number of nitrogens with one attached hydrogen (secondary N) is 1. The van der Waals surface area contributed by atoms with E-state index in [1.165, 1.54) is 11.3 Å². The molecule has 1 amide bonds. The van der Waals surface area contributed by atoms with Crippen LogP contribution in [0.25, 0.3) is 0 Å². The predicted molar refractivity (Wildman–Crippen MR) is 115 cm³/mol. The number of likely N-dealkylation sites (tertiary alicyclic amines) is 1. The molecular formula is C21H32N4O2S. The average molecular weight is 405 g/mol. The van der Waals surface area contributed by atoms with E-state index in [1.807, 2.05) is 17.8 Å². The van der Waals surface area contributed by atoms with E-state index >= 15 is 0 Å². The topological polar surface area (TPSA) is 57.2 Å². The summed E-state index contributed by atoms with van der Waals surface area (Å²) in [6, 6.07) is 10.4. The number of benzene rings is 1. The van der Waals surface area contributed by atoms with Gasteiger partial charge in [-0.15, -0.1) is 11.8 Å². The third kappa shape index (κ3) is 6.14. The smallest absolute Gasteiger partial charge is 0.243 e. The zero-order valence-corrected chi connectivity index (χ0v) is 17.8. The monoisotopic (exact) mass is 404 g/mol. The average Bonchev–Trinajstić information content (AvgIpc) is 2.73. The fourth-order valence-corrected chi connectivity index (χ4v) is 4.47. The van der Waals surface area contributed by atoms with Gasteiger partial charge in [-0.1, -0.05) is 18.2 Å². The van der Waals surface area contributed by atoms with Gasteiger partial charge < -0.3 is 19.9 Å². The number of likely N-dealkylation sites (N-methyl/N-ethyl adjacent to an activating group) is 1. The number of thioether (sulfide) groups is 1. The van der Waals surface area contributed by atoms with Gasteiger partial charge in [0.15, 0.2) is 5.96 Å². The van der Waals surface area contributed by atoms with Gasteiger partial charge in [-0.2, -0.15) is 0 Å². The number of hydrogen-bond acceptors (Lipinski definition) is 4. The number of carbonyl (C=O) groups excluding carboxylic acids is 1. The van der Waals surface area contributed by atoms with Gasteiger partial charge in [-0.25, -0.2) is 4.99 Å². The maximum Gasteiger partial charge on any atom is 0.243 e. The van der Waals surface area contributed by atoms with Crippen LogP contribution in [0.5, 0.6) is 0 Å². The summed E-state index contributed by atoms with van der Waals surface area (Å²) in [4.78, 5) is 21.8. The Morgan fingerprint density at radius 2 is 2.14 bits per heavy atom. The first kappa shape index (κ1) is 21.0. The first-order valence-electron chi connectivity index (χ1n) is 10.2. The summed E-state index contributed by atoms with van der Waals surface area (Å²) in [6.07, 6.45) is 3.78. The largest absolute Gasteiger partial charge is 0.378 e. The maximum atomic E-state index is 12.0. The number of rotatable bonds is 6. The third-order valence-electron chi connectivity index (χ3n) is 5.27. The highest BCUT2D eigenvalue weighted by molar-refractivity contribution is 7.99. The van der Waals surface area contributed by atoms with Gasteiger partial charge in [0.2, 0.25) is 5.91 Å². The molecule has 0 saturated carbocycles. The number of fused-ring (bicyclic) bond motifs is 1. The molecule has 2 fully saturated rings. The highest BCUT2D eigenvalue weighted by atomic mass is 32.2. The fourth-order valence-electron chi connectivity index (χ4n) is 3.68. The molecule has 1 N–H and O–H groups in total. The molecule has 2 saturated heterocycles. The Hall–Kier alpha value is -1.73. The van der Waals surface area contributed by atoms with Crippen molar-refractivity contribution in [2.24, 2.45) is 10.9 Å². The standard InChI is InChI=1S/C21H32N4O2S/c1-24(2)20(26)15-23-21(22-11-14-28-18-8-4-3-5-9-18)25-12-10-19-17(16-25)7-6-13-27-19/h3-5,8-9,17,19H,6-7,10-16H2,1-2H3,(H,22,23). The van der Waals surface area contributed by atoms with Gasteiger partial charge in [0.05, 0.1) is 6.10 Å². The van der Waals surface area contributed by atoms with Crippen LogP contribution in [0.1, 0.15) is 19.3 Å². The lowest BCUT2D eigenvalue weighted by Gasteiger charge is -2.42. The first-order valence-corrected chi connectivity index (χ1v) is 11.1. The van der Waals surface area contributed by atoms with E-state index in [4.69, 9.17) is 4.74 Å². The summed E-state index contributed by atoms with van der Waals surface area (Å²) in [6.45, 7) is 3.78. The van der Waals surface area contributed by atoms with Crippen LogP contribution >= 0.6 is 11.8 Å². The van der Waals surface area contributed by atoms with Gasteiger partial charge in [0.1, 0.15) is 6.54 Å². The molecule has 1 aromatic carbocycles. The Balaban J connectivity index is 1.56. The van der Waals surface area contributed by atoms with E-state index in [0.29, 0.717) is 12.0 Å². The van der Waals surface area contributed by atoms with E-state index in [1.54, 1.807) is 19.0 Å². The third-order valence-corrected chi connectivity index (χ3v) is 6.29. The highest BCUT2D eigenvalue weighted by Crippen LogP contribution is 2.28. The van der Waals surface area contributed by atoms with E-state index in [-0.39, 0.29) is 12.5 Å². The molecule has 0 spiro atoms. The minimum atomic E-state index is 0.0221. The lowest BCUT2D eigenvalue weighted by Crippen LogP contribution is -2.52. The van der Waals surface area contributed by atoms with E-state index in [2.05, 4.69) is 39.5 Å². The van der Waals surface area contributed by atoms with Crippen molar-refractivity contribution in [3.63, 3.8) is 0 Å². The Bertz CT molecular complexity index is 653. The van der Waals surface area contributed by atoms with Crippen molar-refractivity contribution >= 4 is 23.6 Å². The summed E-state index contributed by atoms with van der Waals surface area (Å²) >= 11 is 1.83. The van der Waals surface area contributed by atoms with Crippen LogP contribution in [0.2, 0.25) is 0 Å². The highest BCUT2D eigenvalue weighted by Gasteiger charge is 2.33. The lowest BCUT2D eigenvalue weighted by atomic mass is 9.88. The zero-order chi connectivity index (χ0) is 19.8. The number of amides is 1. The SMILES string of the molecule is CN(C)C(=O)CN=C(NCCSc1ccccc1)N1CCC2OCCCC2C1. The van der Waals surface area contributed by atoms with Crippen LogP contribution in [-0.2, 0) is 9.53 Å². The van der Waals surface area contributed by atoms with E-state index in [0.717, 1.165) is 50.8 Å². The van der Waals surface area contributed by atoms with Gasteiger partial charge in [0.25, 0.3) is 0 Å². The molecule has 2 unspecified atom stereocenters. The minimum absolute atomic E-state index is 0.0221. The number of hydrogen-bond donors (Lipinski definition) is 1. The van der Waals surface area contributed by atoms with E-state index in [9.17, 15) is 4.79 Å². The van der Waals surface area contributed by atoms with Crippen molar-refractivity contribution in [3.05, 3.63) is 30.3 Å². The second-order valence-electron chi connectivity index (χ2n) is 7.56. The molecule has 0 aliphatic carbocycles. The van der Waals surface area contributed by atoms with Crippen LogP contribution in [0.15, 0.2) is 40.2 Å². The van der Waals surface area contributed by atoms with Crippen LogP contribution in [0.4, 0.5) is 0 Å². The first-order chi connectivity index (χ1) is 13.6. The number of aliphatic imine (C=N–C) groups is 1. The molecule has 6 nitrogen and oxygen atoms in total. The van der Waals surface area contributed by atoms with Gasteiger partial charge >= 0.3 is 0 Å². The van der Waals surface area contributed by atoms with Crippen molar-refractivity contribution < 1.29 is 9.53 Å². The summed E-state index contributed by atoms with van der Waals surface area (Å²) in [7, 11) is 3.54. The second kappa shape index (κ2) is 10.7. The quantitative estimate of drug-likeness (QED) is 0.341. The number of guanidine groups is 1. The number of ether oxygens (including phenoxy) is 1. The second-order valence-corrected chi connectivity index (χ2v) is 8.73. The molecule has 1 aromatic rings. The molecule has 2 atom stereocenters. The van der Waals surface area contributed by atoms with Gasteiger partial charge in [-0.3, -0.25) is 4.79 Å². The number of nitrogens with zero attached hydrogens (tertiary/aromatic N) is 3. The van der Waals surface area contributed by atoms with Crippen LogP contribution < -0.4 is 5.32 Å². The van der Waals surface area contributed by atoms with Gasteiger partial charge in [-0.05, 0) is 31.4 Å². The van der Waals surface area contributed by atoms with Gasteiger partial charge in [0, 0.05) is 56.9 Å². The molecule has 3 rings (SSSR count). The molecule has 2 aliphatic heterocycles. The van der Waals surface area contributed by atoms with Crippen molar-refractivity contribution in [2.75, 3.05) is 52.6 Å². The molecular weight excluding hydrogens is 372 g/mol. The summed E-state index contributed by atoms with van der Waals surface area (Å²) < 4.78 is 5.94. The van der Waals surface area contributed by atoms with Crippen LogP contribution in [0, 0.1) is 5.92 Å². The molecule has 2 aliphatic rings. The lowest BCUT2D eigenvalue weighted by molar-refractivity contribution is -0.127. The maximum absolute atomic E-state index is 12.0. The molecule has 7 heteroatoms. The normalized spacial score (nSPS) is 22.5. The van der Waals surface area contributed by atoms with Crippen molar-refractivity contribution in [3.8, 4) is 0 Å². The minimum Gasteiger partial charge on any atom is -0.378 e. The van der Waals surface area contributed by atoms with Crippen molar-refractivity contribution in [2.45, 2.75) is 30.3 Å². The Morgan fingerprint density at radius 3 is 2.93 bits per heavy atom. The summed E-state index contributed by atoms with van der Waals surface area (Å²) in [5.74, 6) is 2.40. The summed E-state index contributed by atoms with van der Waals surface area (Å²) in [5, 5.41) is 3.49. The van der Waals surface area contributed by atoms with Crippen molar-refractivity contribution in [1.82, 2.24) is 15.1 Å². The van der Waals surface area contributed by atoms with Crippen molar-refractivity contribution in [1.29, 1.82) is 0 Å². The molecule has 28 heavy (non-hydrogen) atoms. The Kier molecular flexibility index (Phi) is 8.03. The summed E-state index contributed by atoms with van der Waals surface area (Å²) in [5.41, 5.74) is 0. The number of piperidine rings is 1. The molecule has 0 bridgehead atoms. The Morgan fingerprint density at radius 1 is 1.32 bits per heavy atom. The Labute approximate surface area is 172 Å². The molecule has 0 radical (unpaired) electrons. The fraction of sp³-hybridized carbons (Fsp3) is 0.619. The zero-order valence-electron chi connectivity index (χ0n) is 17.0.